The van der Waals surface area contributed by atoms with Gasteiger partial charge in [0.2, 0.25) is 5.91 Å². The first-order valence-corrected chi connectivity index (χ1v) is 6.63. The van der Waals surface area contributed by atoms with Gasteiger partial charge in [-0.25, -0.2) is 0 Å². The zero-order valence-corrected chi connectivity index (χ0v) is 11.0. The molecule has 1 N–H and O–H groups in total. The van der Waals surface area contributed by atoms with Crippen molar-refractivity contribution in [2.75, 3.05) is 5.88 Å². The lowest BCUT2D eigenvalue weighted by molar-refractivity contribution is -0.122. The summed E-state index contributed by atoms with van der Waals surface area (Å²) < 4.78 is -0.315. The van der Waals surface area contributed by atoms with Crippen LogP contribution in [0.5, 0.6) is 0 Å². The zero-order valence-electron chi connectivity index (χ0n) is 9.47. The van der Waals surface area contributed by atoms with Gasteiger partial charge in [0.15, 0.2) is 0 Å². The molecule has 0 fully saturated rings. The zero-order chi connectivity index (χ0) is 11.5. The van der Waals surface area contributed by atoms with Gasteiger partial charge < -0.3 is 5.32 Å². The van der Waals surface area contributed by atoms with Crippen molar-refractivity contribution in [3.63, 3.8) is 0 Å². The number of halogens is 1. The molecule has 0 aromatic heterocycles. The third-order valence-corrected chi connectivity index (χ3v) is 3.84. The van der Waals surface area contributed by atoms with Crippen molar-refractivity contribution in [3.8, 4) is 0 Å². The predicted octanol–water partition coefficient (Wildman–Crippen LogP) is 3.12. The highest BCUT2D eigenvalue weighted by atomic mass is 35.5. The summed E-state index contributed by atoms with van der Waals surface area (Å²) in [7, 11) is 0. The Balaban J connectivity index is 2.68. The number of allylic oxidation sites excluding steroid dienone is 1. The van der Waals surface area contributed by atoms with Crippen LogP contribution in [0.15, 0.2) is 11.1 Å². The summed E-state index contributed by atoms with van der Waals surface area (Å²) in [5.41, 5.74) is 0.946. The Hall–Kier alpha value is -0.150. The number of hydrogen-bond donors (Lipinski definition) is 1. The first-order chi connectivity index (χ1) is 6.98. The van der Waals surface area contributed by atoms with Crippen molar-refractivity contribution in [3.05, 3.63) is 11.1 Å². The van der Waals surface area contributed by atoms with Crippen molar-refractivity contribution in [1.29, 1.82) is 0 Å². The molecule has 1 amide bonds. The molecular formula is C11H18ClNOS. The van der Waals surface area contributed by atoms with Gasteiger partial charge in [-0.15, -0.1) is 23.4 Å². The molecule has 0 spiro atoms. The maximum Gasteiger partial charge on any atom is 0.240 e. The fourth-order valence-corrected chi connectivity index (χ4v) is 3.08. The molecule has 15 heavy (non-hydrogen) atoms. The maximum absolute atomic E-state index is 11.9. The van der Waals surface area contributed by atoms with Crippen LogP contribution in [0, 0.1) is 5.92 Å². The molecule has 1 rings (SSSR count). The van der Waals surface area contributed by atoms with Crippen LogP contribution in [-0.4, -0.2) is 16.5 Å². The van der Waals surface area contributed by atoms with Gasteiger partial charge in [-0.3, -0.25) is 4.79 Å². The summed E-state index contributed by atoms with van der Waals surface area (Å²) in [6.07, 6.45) is 1.63. The largest absolute Gasteiger partial charge is 0.328 e. The van der Waals surface area contributed by atoms with Gasteiger partial charge in [0.25, 0.3) is 0 Å². The highest BCUT2D eigenvalue weighted by Crippen LogP contribution is 2.36. The van der Waals surface area contributed by atoms with E-state index in [1.807, 2.05) is 12.3 Å². The number of hydrogen-bond acceptors (Lipinski definition) is 2. The van der Waals surface area contributed by atoms with Crippen LogP contribution in [0.2, 0.25) is 0 Å². The topological polar surface area (TPSA) is 29.1 Å². The molecular weight excluding hydrogens is 230 g/mol. The normalized spacial score (nSPS) is 26.5. The second kappa shape index (κ2) is 5.26. The van der Waals surface area contributed by atoms with Crippen molar-refractivity contribution in [2.45, 2.75) is 38.4 Å². The molecule has 0 saturated heterocycles. The molecule has 86 valence electrons. The number of thioether (sulfide) groups is 1. The van der Waals surface area contributed by atoms with Crippen molar-refractivity contribution in [1.82, 2.24) is 5.32 Å². The van der Waals surface area contributed by atoms with Crippen molar-refractivity contribution >= 4 is 29.3 Å². The minimum absolute atomic E-state index is 0.115. The van der Waals surface area contributed by atoms with Gasteiger partial charge in [-0.05, 0) is 24.7 Å². The SMILES string of the molecule is CC(C)CC1(C)SC=C(CCCl)NC1=O. The summed E-state index contributed by atoms with van der Waals surface area (Å²) >= 11 is 7.25. The van der Waals surface area contributed by atoms with E-state index in [0.717, 1.165) is 18.5 Å². The number of amides is 1. The van der Waals surface area contributed by atoms with Crippen LogP contribution >= 0.6 is 23.4 Å². The van der Waals surface area contributed by atoms with Crippen molar-refractivity contribution in [2.24, 2.45) is 5.92 Å². The molecule has 1 heterocycles. The van der Waals surface area contributed by atoms with E-state index >= 15 is 0 Å². The molecule has 0 bridgehead atoms. The molecule has 1 unspecified atom stereocenters. The van der Waals surface area contributed by atoms with E-state index < -0.39 is 0 Å². The minimum Gasteiger partial charge on any atom is -0.328 e. The third-order valence-electron chi connectivity index (χ3n) is 2.38. The Kier molecular flexibility index (Phi) is 4.53. The molecule has 0 aliphatic carbocycles. The van der Waals surface area contributed by atoms with Gasteiger partial charge in [0, 0.05) is 18.0 Å². The summed E-state index contributed by atoms with van der Waals surface area (Å²) in [5.74, 6) is 1.19. The summed E-state index contributed by atoms with van der Waals surface area (Å²) in [6, 6.07) is 0. The highest BCUT2D eigenvalue weighted by Gasteiger charge is 2.36. The second-order valence-corrected chi connectivity index (χ2v) is 6.23. The quantitative estimate of drug-likeness (QED) is 0.774. The van der Waals surface area contributed by atoms with Crippen LogP contribution < -0.4 is 5.32 Å². The lowest BCUT2D eigenvalue weighted by Crippen LogP contribution is -2.44. The van der Waals surface area contributed by atoms with E-state index in [-0.39, 0.29) is 10.7 Å². The highest BCUT2D eigenvalue weighted by molar-refractivity contribution is 8.04. The minimum atomic E-state index is -0.315. The van der Waals surface area contributed by atoms with E-state index in [0.29, 0.717) is 11.8 Å². The number of carbonyl (C=O) groups is 1. The monoisotopic (exact) mass is 247 g/mol. The fourth-order valence-electron chi connectivity index (χ4n) is 1.71. The van der Waals surface area contributed by atoms with Crippen LogP contribution in [0.4, 0.5) is 0 Å². The Morgan fingerprint density at radius 2 is 2.27 bits per heavy atom. The summed E-state index contributed by atoms with van der Waals surface area (Å²) in [4.78, 5) is 11.9. The van der Waals surface area contributed by atoms with Gasteiger partial charge in [0.05, 0.1) is 4.75 Å². The first kappa shape index (κ1) is 12.9. The van der Waals surface area contributed by atoms with Gasteiger partial charge in [-0.1, -0.05) is 13.8 Å². The van der Waals surface area contributed by atoms with E-state index in [1.54, 1.807) is 11.8 Å². The molecule has 4 heteroatoms. The van der Waals surface area contributed by atoms with Crippen LogP contribution in [0.3, 0.4) is 0 Å². The maximum atomic E-state index is 11.9. The summed E-state index contributed by atoms with van der Waals surface area (Å²) in [6.45, 7) is 6.27. The van der Waals surface area contributed by atoms with E-state index in [9.17, 15) is 4.79 Å². The Morgan fingerprint density at radius 1 is 1.60 bits per heavy atom. The molecule has 2 nitrogen and oxygen atoms in total. The average molecular weight is 248 g/mol. The molecule has 0 aromatic rings. The van der Waals surface area contributed by atoms with Gasteiger partial charge in [0.1, 0.15) is 0 Å². The van der Waals surface area contributed by atoms with Crippen molar-refractivity contribution < 1.29 is 4.79 Å². The molecule has 0 radical (unpaired) electrons. The standard InChI is InChI=1S/C11H18ClNOS/c1-8(2)6-11(3)10(14)13-9(4-5-12)7-15-11/h7-8H,4-6H2,1-3H3,(H,13,14). The lowest BCUT2D eigenvalue weighted by Gasteiger charge is -2.32. The molecule has 1 aliphatic heterocycles. The third kappa shape index (κ3) is 3.42. The summed E-state index contributed by atoms with van der Waals surface area (Å²) in [5, 5.41) is 4.96. The predicted molar refractivity (Wildman–Crippen MR) is 67.0 cm³/mol. The second-order valence-electron chi connectivity index (χ2n) is 4.48. The number of rotatable bonds is 4. The Bertz CT molecular complexity index is 278. The average Bonchev–Trinajstić information content (AvgIpc) is 2.11. The van der Waals surface area contributed by atoms with E-state index in [2.05, 4.69) is 19.2 Å². The molecule has 0 aromatic carbocycles. The van der Waals surface area contributed by atoms with Gasteiger partial charge >= 0.3 is 0 Å². The lowest BCUT2D eigenvalue weighted by atomic mass is 9.97. The van der Waals surface area contributed by atoms with E-state index in [1.165, 1.54) is 0 Å². The van der Waals surface area contributed by atoms with Crippen LogP contribution in [0.1, 0.15) is 33.6 Å². The Labute approximate surface area is 101 Å². The Morgan fingerprint density at radius 3 is 2.73 bits per heavy atom. The first-order valence-electron chi connectivity index (χ1n) is 5.22. The van der Waals surface area contributed by atoms with Crippen LogP contribution in [-0.2, 0) is 4.79 Å². The van der Waals surface area contributed by atoms with Gasteiger partial charge in [-0.2, -0.15) is 0 Å². The van der Waals surface area contributed by atoms with E-state index in [4.69, 9.17) is 11.6 Å². The molecule has 0 saturated carbocycles. The smallest absolute Gasteiger partial charge is 0.240 e. The van der Waals surface area contributed by atoms with Crippen LogP contribution in [0.25, 0.3) is 0 Å². The fraction of sp³-hybridized carbons (Fsp3) is 0.727. The number of carbonyl (C=O) groups excluding carboxylic acids is 1. The molecule has 1 atom stereocenters. The number of alkyl halides is 1. The number of nitrogens with one attached hydrogen (secondary N) is 1. The molecule has 1 aliphatic rings.